The molecule has 0 aliphatic carbocycles. The van der Waals surface area contributed by atoms with Crippen molar-refractivity contribution in [1.29, 1.82) is 0 Å². The molecule has 6 nitrogen and oxygen atoms in total. The molecule has 0 heterocycles. The Morgan fingerprint density at radius 2 is 2.05 bits per heavy atom. The zero-order valence-corrected chi connectivity index (χ0v) is 11.8. The van der Waals surface area contributed by atoms with Gasteiger partial charge >= 0.3 is 0 Å². The molecular formula is C16H16N2O4. The number of hydrogen-bond donors (Lipinski definition) is 3. The number of ether oxygens (including phenoxy) is 1. The molecule has 22 heavy (non-hydrogen) atoms. The quantitative estimate of drug-likeness (QED) is 0.557. The number of nitrogens with one attached hydrogen (secondary N) is 1. The summed E-state index contributed by atoms with van der Waals surface area (Å²) in [5, 5.41) is 22.1. The molecule has 0 radical (unpaired) electrons. The van der Waals surface area contributed by atoms with Crippen molar-refractivity contribution in [3.8, 4) is 11.5 Å². The summed E-state index contributed by atoms with van der Waals surface area (Å²) >= 11 is 0. The lowest BCUT2D eigenvalue weighted by Crippen LogP contribution is -2.17. The van der Waals surface area contributed by atoms with E-state index in [1.165, 1.54) is 18.3 Å². The number of nitrogens with zero attached hydrogens (tertiary/aromatic N) is 1. The first-order chi connectivity index (χ1) is 10.7. The van der Waals surface area contributed by atoms with Crippen molar-refractivity contribution in [2.45, 2.75) is 0 Å². The van der Waals surface area contributed by atoms with E-state index in [0.717, 1.165) is 5.56 Å². The normalized spacial score (nSPS) is 10.6. The zero-order valence-electron chi connectivity index (χ0n) is 11.8. The smallest absolute Gasteiger partial charge is 0.275 e. The van der Waals surface area contributed by atoms with Crippen molar-refractivity contribution < 1.29 is 19.7 Å². The zero-order chi connectivity index (χ0) is 15.8. The molecule has 0 atom stereocenters. The Morgan fingerprint density at radius 3 is 2.82 bits per heavy atom. The fourth-order valence-electron chi connectivity index (χ4n) is 1.74. The van der Waals surface area contributed by atoms with E-state index in [9.17, 15) is 9.90 Å². The Bertz CT molecular complexity index is 671. The third kappa shape index (κ3) is 4.32. The summed E-state index contributed by atoms with van der Waals surface area (Å²) < 4.78 is 5.28. The number of aromatic hydroxyl groups is 1. The van der Waals surface area contributed by atoms with Crippen LogP contribution in [0.2, 0.25) is 0 Å². The third-order valence-electron chi connectivity index (χ3n) is 2.75. The molecular weight excluding hydrogens is 284 g/mol. The Labute approximate surface area is 127 Å². The summed E-state index contributed by atoms with van der Waals surface area (Å²) in [6, 6.07) is 13.3. The lowest BCUT2D eigenvalue weighted by molar-refractivity contribution is 0.0952. The van der Waals surface area contributed by atoms with Gasteiger partial charge in [-0.15, -0.1) is 0 Å². The number of phenols is 1. The summed E-state index contributed by atoms with van der Waals surface area (Å²) in [4.78, 5) is 11.8. The highest BCUT2D eigenvalue weighted by Gasteiger charge is 2.08. The number of aliphatic hydroxyl groups excluding tert-OH is 1. The van der Waals surface area contributed by atoms with E-state index in [0.29, 0.717) is 5.75 Å². The lowest BCUT2D eigenvalue weighted by Gasteiger charge is -2.04. The fraction of sp³-hybridized carbons (Fsp3) is 0.125. The number of hydrogen-bond acceptors (Lipinski definition) is 5. The van der Waals surface area contributed by atoms with Crippen LogP contribution < -0.4 is 10.2 Å². The summed E-state index contributed by atoms with van der Waals surface area (Å²) in [5.74, 6) is 0.00154. The van der Waals surface area contributed by atoms with Crippen LogP contribution in [0.5, 0.6) is 11.5 Å². The Hall–Kier alpha value is -2.86. The van der Waals surface area contributed by atoms with Gasteiger partial charge in [-0.3, -0.25) is 4.79 Å². The topological polar surface area (TPSA) is 91.2 Å². The van der Waals surface area contributed by atoms with E-state index in [4.69, 9.17) is 9.84 Å². The second-order valence-electron chi connectivity index (χ2n) is 4.36. The average Bonchev–Trinajstić information content (AvgIpc) is 2.53. The minimum absolute atomic E-state index is 0.0606. The van der Waals surface area contributed by atoms with Crippen LogP contribution >= 0.6 is 0 Å². The number of hydrazone groups is 1. The molecule has 0 aromatic heterocycles. The molecule has 0 fully saturated rings. The molecule has 0 saturated carbocycles. The maximum atomic E-state index is 11.8. The molecule has 2 rings (SSSR count). The Kier molecular flexibility index (Phi) is 5.50. The second kappa shape index (κ2) is 7.80. The van der Waals surface area contributed by atoms with Crippen LogP contribution in [0.3, 0.4) is 0 Å². The molecule has 6 heteroatoms. The molecule has 2 aromatic rings. The van der Waals surface area contributed by atoms with Crippen molar-refractivity contribution in [3.05, 3.63) is 59.7 Å². The van der Waals surface area contributed by atoms with E-state index in [1.54, 1.807) is 36.4 Å². The maximum absolute atomic E-state index is 11.8. The van der Waals surface area contributed by atoms with Gasteiger partial charge in [-0.1, -0.05) is 24.3 Å². The van der Waals surface area contributed by atoms with Gasteiger partial charge in [0.05, 0.1) is 18.4 Å². The Balaban J connectivity index is 1.98. The first-order valence-corrected chi connectivity index (χ1v) is 6.66. The number of carbonyl (C=O) groups is 1. The Morgan fingerprint density at radius 1 is 1.23 bits per heavy atom. The number of benzene rings is 2. The van der Waals surface area contributed by atoms with Crippen LogP contribution in [-0.4, -0.2) is 35.5 Å². The van der Waals surface area contributed by atoms with Gasteiger partial charge in [-0.25, -0.2) is 5.43 Å². The standard InChI is InChI=1S/C16H16N2O4/c19-8-9-22-13-5-3-4-12(10-13)11-17-18-16(21)14-6-1-2-7-15(14)20/h1-7,10-11,19-20H,8-9H2,(H,18,21)/b17-11+. The van der Waals surface area contributed by atoms with Crippen LogP contribution in [0.4, 0.5) is 0 Å². The molecule has 0 bridgehead atoms. The largest absolute Gasteiger partial charge is 0.507 e. The van der Waals surface area contributed by atoms with Gasteiger partial charge in [-0.05, 0) is 29.8 Å². The van der Waals surface area contributed by atoms with Crippen LogP contribution in [0.15, 0.2) is 53.6 Å². The predicted octanol–water partition coefficient (Wildman–Crippen LogP) is 1.53. The number of amides is 1. The highest BCUT2D eigenvalue weighted by atomic mass is 16.5. The number of para-hydroxylation sites is 1. The molecule has 114 valence electrons. The minimum atomic E-state index is -0.498. The van der Waals surface area contributed by atoms with Gasteiger partial charge in [-0.2, -0.15) is 5.10 Å². The molecule has 1 amide bonds. The second-order valence-corrected chi connectivity index (χ2v) is 4.36. The van der Waals surface area contributed by atoms with E-state index >= 15 is 0 Å². The monoisotopic (exact) mass is 300 g/mol. The summed E-state index contributed by atoms with van der Waals surface area (Å²) in [6.45, 7) is 0.152. The first-order valence-electron chi connectivity index (χ1n) is 6.66. The third-order valence-corrected chi connectivity index (χ3v) is 2.75. The summed E-state index contributed by atoms with van der Waals surface area (Å²) in [7, 11) is 0. The minimum Gasteiger partial charge on any atom is -0.507 e. The van der Waals surface area contributed by atoms with Gasteiger partial charge in [0.1, 0.15) is 18.1 Å². The highest BCUT2D eigenvalue weighted by Crippen LogP contribution is 2.15. The van der Waals surface area contributed by atoms with E-state index in [1.807, 2.05) is 0 Å². The van der Waals surface area contributed by atoms with Gasteiger partial charge in [0, 0.05) is 0 Å². The van der Waals surface area contributed by atoms with Gasteiger partial charge in [0.15, 0.2) is 0 Å². The van der Waals surface area contributed by atoms with Crippen molar-refractivity contribution in [1.82, 2.24) is 5.43 Å². The lowest BCUT2D eigenvalue weighted by atomic mass is 10.2. The van der Waals surface area contributed by atoms with Gasteiger partial charge < -0.3 is 14.9 Å². The van der Waals surface area contributed by atoms with Crippen molar-refractivity contribution in [3.63, 3.8) is 0 Å². The number of rotatable bonds is 6. The maximum Gasteiger partial charge on any atom is 0.275 e. The molecule has 2 aromatic carbocycles. The van der Waals surface area contributed by atoms with Crippen LogP contribution in [-0.2, 0) is 0 Å². The number of carbonyl (C=O) groups excluding carboxylic acids is 1. The SMILES string of the molecule is O=C(N/N=C/c1cccc(OCCO)c1)c1ccccc1O. The molecule has 3 N–H and O–H groups in total. The average molecular weight is 300 g/mol. The number of phenolic OH excluding ortho intramolecular Hbond substituents is 1. The van der Waals surface area contributed by atoms with Crippen molar-refractivity contribution >= 4 is 12.1 Å². The molecule has 0 spiro atoms. The summed E-state index contributed by atoms with van der Waals surface area (Å²) in [5.41, 5.74) is 3.22. The summed E-state index contributed by atoms with van der Waals surface area (Å²) in [6.07, 6.45) is 1.46. The van der Waals surface area contributed by atoms with Crippen LogP contribution in [0, 0.1) is 0 Å². The van der Waals surface area contributed by atoms with E-state index in [2.05, 4.69) is 10.5 Å². The van der Waals surface area contributed by atoms with Crippen LogP contribution in [0.1, 0.15) is 15.9 Å². The predicted molar refractivity (Wildman–Crippen MR) is 82.2 cm³/mol. The van der Waals surface area contributed by atoms with Gasteiger partial charge in [0.25, 0.3) is 5.91 Å². The van der Waals surface area contributed by atoms with Crippen molar-refractivity contribution in [2.24, 2.45) is 5.10 Å². The van der Waals surface area contributed by atoms with E-state index in [-0.39, 0.29) is 24.5 Å². The van der Waals surface area contributed by atoms with Crippen LogP contribution in [0.25, 0.3) is 0 Å². The fourth-order valence-corrected chi connectivity index (χ4v) is 1.74. The highest BCUT2D eigenvalue weighted by molar-refractivity contribution is 5.97. The van der Waals surface area contributed by atoms with Gasteiger partial charge in [0.2, 0.25) is 0 Å². The number of aliphatic hydroxyl groups is 1. The molecule has 0 aliphatic heterocycles. The van der Waals surface area contributed by atoms with Crippen molar-refractivity contribution in [2.75, 3.05) is 13.2 Å². The molecule has 0 aliphatic rings. The molecule has 0 saturated heterocycles. The first kappa shape index (κ1) is 15.5. The van der Waals surface area contributed by atoms with E-state index < -0.39 is 5.91 Å². The molecule has 0 unspecified atom stereocenters.